The van der Waals surface area contributed by atoms with Gasteiger partial charge in [0.05, 0.1) is 0 Å². The van der Waals surface area contributed by atoms with Crippen molar-refractivity contribution in [2.45, 2.75) is 37.3 Å². The Balaban J connectivity index is 2.56. The van der Waals surface area contributed by atoms with Crippen LogP contribution in [-0.4, -0.2) is 30.7 Å². The third kappa shape index (κ3) is 3.73. The normalized spacial score (nSPS) is 12.6. The number of sulfone groups is 1. The van der Waals surface area contributed by atoms with E-state index in [-0.39, 0.29) is 0 Å². The third-order valence-corrected chi connectivity index (χ3v) is 22.1. The van der Waals surface area contributed by atoms with Gasteiger partial charge < -0.3 is 0 Å². The summed E-state index contributed by atoms with van der Waals surface area (Å²) in [5, 5.41) is 0. The molecule has 2 aromatic rings. The SMILES string of the molecule is Cc1cc[c]([Bi]([I])[c]2ccccc2S(=O)(=O)C(C)(C)C)cc1. The molecule has 0 heterocycles. The van der Waals surface area contributed by atoms with Crippen molar-refractivity contribution in [3.8, 4) is 0 Å². The summed E-state index contributed by atoms with van der Waals surface area (Å²) in [5.41, 5.74) is 1.23. The Morgan fingerprint density at radius 2 is 1.50 bits per heavy atom. The van der Waals surface area contributed by atoms with Crippen LogP contribution in [-0.2, 0) is 9.84 Å². The zero-order valence-corrected chi connectivity index (χ0v) is 19.6. The fourth-order valence-electron chi connectivity index (χ4n) is 1.99. The molecule has 0 saturated carbocycles. The van der Waals surface area contributed by atoms with Crippen LogP contribution in [0.5, 0.6) is 0 Å². The van der Waals surface area contributed by atoms with Crippen molar-refractivity contribution in [1.29, 1.82) is 0 Å². The van der Waals surface area contributed by atoms with Gasteiger partial charge in [-0.1, -0.05) is 0 Å². The molecule has 0 N–H and O–H groups in total. The van der Waals surface area contributed by atoms with Crippen molar-refractivity contribution in [1.82, 2.24) is 0 Å². The van der Waals surface area contributed by atoms with Crippen LogP contribution in [0.4, 0.5) is 0 Å². The zero-order chi connectivity index (χ0) is 16.5. The van der Waals surface area contributed by atoms with E-state index >= 15 is 0 Å². The summed E-state index contributed by atoms with van der Waals surface area (Å²) in [6.07, 6.45) is 0. The average molecular weight is 624 g/mol. The number of halogens is 1. The maximum absolute atomic E-state index is 12.9. The van der Waals surface area contributed by atoms with E-state index in [4.69, 9.17) is 0 Å². The summed E-state index contributed by atoms with van der Waals surface area (Å²) in [7, 11) is -3.32. The molecule has 22 heavy (non-hydrogen) atoms. The molecule has 0 aromatic heterocycles. The number of benzene rings is 2. The van der Waals surface area contributed by atoms with Crippen LogP contribution in [0.15, 0.2) is 53.4 Å². The van der Waals surface area contributed by atoms with Gasteiger partial charge in [0.15, 0.2) is 0 Å². The average Bonchev–Trinajstić information content (AvgIpc) is 2.46. The van der Waals surface area contributed by atoms with Gasteiger partial charge in [0.1, 0.15) is 0 Å². The number of aryl methyl sites for hydroxylation is 1. The van der Waals surface area contributed by atoms with Crippen LogP contribution in [0, 0.1) is 6.92 Å². The minimum absolute atomic E-state index is 0.523. The second kappa shape index (κ2) is 6.86. The number of rotatable bonds is 3. The first kappa shape index (κ1) is 18.3. The fraction of sp³-hybridized carbons (Fsp3) is 0.294. The molecule has 0 aliphatic carbocycles. The van der Waals surface area contributed by atoms with Crippen LogP contribution in [0.1, 0.15) is 26.3 Å². The van der Waals surface area contributed by atoms with Crippen molar-refractivity contribution < 1.29 is 8.42 Å². The van der Waals surface area contributed by atoms with Gasteiger partial charge in [-0.2, -0.15) is 0 Å². The van der Waals surface area contributed by atoms with Crippen molar-refractivity contribution in [3.63, 3.8) is 0 Å². The maximum atomic E-state index is 12.9. The molecule has 0 aliphatic heterocycles. The van der Waals surface area contributed by atoms with Gasteiger partial charge in [0.25, 0.3) is 0 Å². The quantitative estimate of drug-likeness (QED) is 0.389. The Morgan fingerprint density at radius 3 is 2.05 bits per heavy atom. The summed E-state index contributed by atoms with van der Waals surface area (Å²) in [4.78, 5) is 0.523. The topological polar surface area (TPSA) is 34.1 Å². The Bertz CT molecular complexity index is 762. The van der Waals surface area contributed by atoms with Crippen LogP contribution in [0.25, 0.3) is 0 Å². The molecule has 0 bridgehead atoms. The van der Waals surface area contributed by atoms with Crippen LogP contribution in [0.2, 0.25) is 0 Å². The summed E-state index contributed by atoms with van der Waals surface area (Å²) < 4.78 is 27.4. The van der Waals surface area contributed by atoms with Gasteiger partial charge in [-0.25, -0.2) is 0 Å². The Labute approximate surface area is 150 Å². The van der Waals surface area contributed by atoms with E-state index in [0.29, 0.717) is 4.90 Å². The summed E-state index contributed by atoms with van der Waals surface area (Å²) >= 11 is 0.228. The van der Waals surface area contributed by atoms with E-state index in [1.54, 1.807) is 26.8 Å². The van der Waals surface area contributed by atoms with E-state index in [1.807, 2.05) is 18.2 Å². The Kier molecular flexibility index (Phi) is 5.72. The van der Waals surface area contributed by atoms with E-state index in [9.17, 15) is 8.42 Å². The molecule has 0 fully saturated rings. The molecule has 0 saturated heterocycles. The summed E-state index contributed by atoms with van der Waals surface area (Å²) in [6, 6.07) is 16.1. The standard InChI is InChI=1S/C10H13O2S.C7H7.Bi.HI/c1-10(2,3)13(11,12)9-7-5-4-6-8-9;1-7-5-3-2-4-6-7;;/h4-7H,1-3H3;3-6H,1H3;;1H/q;;+1;/p-1. The van der Waals surface area contributed by atoms with Gasteiger partial charge in [0, 0.05) is 0 Å². The monoisotopic (exact) mass is 624 g/mol. The van der Waals surface area contributed by atoms with Gasteiger partial charge in [-0.15, -0.1) is 0 Å². The van der Waals surface area contributed by atoms with E-state index in [0.717, 1.165) is 3.27 Å². The molecule has 2 nitrogen and oxygen atoms in total. The van der Waals surface area contributed by atoms with Crippen molar-refractivity contribution >= 4 is 52.0 Å². The summed E-state index contributed by atoms with van der Waals surface area (Å²) in [6.45, 7) is 7.37. The van der Waals surface area contributed by atoms with Gasteiger partial charge in [-0.05, 0) is 0 Å². The first-order chi connectivity index (χ1) is 10.1. The Hall–Kier alpha value is 0.00312. The predicted octanol–water partition coefficient (Wildman–Crippen LogP) is 3.11. The molecule has 2 aromatic carbocycles. The molecule has 0 spiro atoms. The predicted molar refractivity (Wildman–Crippen MR) is 104 cm³/mol. The first-order valence-electron chi connectivity index (χ1n) is 7.01. The molecule has 0 aliphatic rings. The van der Waals surface area contributed by atoms with Gasteiger partial charge >= 0.3 is 152 Å². The second-order valence-corrected chi connectivity index (χ2v) is 23.4. The molecule has 118 valence electrons. The molecule has 0 atom stereocenters. The van der Waals surface area contributed by atoms with Gasteiger partial charge in [-0.3, -0.25) is 0 Å². The molecular weight excluding hydrogens is 604 g/mol. The minimum atomic E-state index is -3.32. The third-order valence-electron chi connectivity index (χ3n) is 3.43. The number of hydrogen-bond donors (Lipinski definition) is 0. The molecule has 0 unspecified atom stereocenters. The van der Waals surface area contributed by atoms with Crippen molar-refractivity contribution in [2.24, 2.45) is 0 Å². The molecule has 0 amide bonds. The van der Waals surface area contributed by atoms with Crippen molar-refractivity contribution in [3.05, 3.63) is 54.1 Å². The molecule has 0 radical (unpaired) electrons. The number of hydrogen-bond acceptors (Lipinski definition) is 2. The van der Waals surface area contributed by atoms with Crippen LogP contribution >= 0.6 is 18.0 Å². The van der Waals surface area contributed by atoms with Gasteiger partial charge in [0.2, 0.25) is 0 Å². The molecule has 5 heteroatoms. The van der Waals surface area contributed by atoms with E-state index in [1.165, 1.54) is 8.83 Å². The summed E-state index contributed by atoms with van der Waals surface area (Å²) in [5.74, 6) is 0. The zero-order valence-electron chi connectivity index (χ0n) is 13.2. The second-order valence-electron chi connectivity index (χ2n) is 6.20. The first-order valence-corrected chi connectivity index (χ1v) is 21.7. The van der Waals surface area contributed by atoms with E-state index < -0.39 is 32.1 Å². The Morgan fingerprint density at radius 1 is 0.955 bits per heavy atom. The van der Waals surface area contributed by atoms with E-state index in [2.05, 4.69) is 49.2 Å². The van der Waals surface area contributed by atoms with Crippen molar-refractivity contribution in [2.75, 3.05) is 0 Å². The molecular formula is C17H20BiIO2S. The molecule has 2 rings (SSSR count). The fourth-order valence-corrected chi connectivity index (χ4v) is 18.0. The van der Waals surface area contributed by atoms with Crippen LogP contribution < -0.4 is 6.54 Å². The van der Waals surface area contributed by atoms with Crippen LogP contribution in [0.3, 0.4) is 0 Å².